The van der Waals surface area contributed by atoms with Crippen molar-refractivity contribution >= 4 is 0 Å². The van der Waals surface area contributed by atoms with Gasteiger partial charge in [0, 0.05) is 37.9 Å². The topological polar surface area (TPSA) is 24.5 Å². The molecule has 0 aromatic heterocycles. The lowest BCUT2D eigenvalue weighted by Gasteiger charge is -2.38. The van der Waals surface area contributed by atoms with E-state index < -0.39 is 0 Å². The average Bonchev–Trinajstić information content (AvgIpc) is 2.45. The Kier molecular flexibility index (Phi) is 7.32. The summed E-state index contributed by atoms with van der Waals surface area (Å²) in [7, 11) is 0. The first-order chi connectivity index (χ1) is 9.75. The van der Waals surface area contributed by atoms with Gasteiger partial charge in [0.2, 0.25) is 0 Å². The van der Waals surface area contributed by atoms with Crippen molar-refractivity contribution in [2.75, 3.05) is 26.3 Å². The van der Waals surface area contributed by atoms with Crippen LogP contribution >= 0.6 is 0 Å². The fourth-order valence-corrected chi connectivity index (χ4v) is 3.72. The Hall–Kier alpha value is -0.120. The third-order valence-corrected chi connectivity index (χ3v) is 4.75. The molecule has 0 unspecified atom stereocenters. The second-order valence-corrected chi connectivity index (χ2v) is 6.89. The molecule has 3 heteroatoms. The molecule has 0 aromatic carbocycles. The molecule has 0 amide bonds. The molecular weight excluding hydrogens is 248 g/mol. The van der Waals surface area contributed by atoms with Crippen molar-refractivity contribution < 1.29 is 4.74 Å². The Balaban J connectivity index is 1.74. The Morgan fingerprint density at radius 1 is 0.900 bits per heavy atom. The number of rotatable bonds is 3. The molecule has 0 bridgehead atoms. The summed E-state index contributed by atoms with van der Waals surface area (Å²) in [6.45, 7) is 9.01. The maximum atomic E-state index is 5.67. The van der Waals surface area contributed by atoms with Crippen molar-refractivity contribution in [3.05, 3.63) is 0 Å². The first-order valence-electron chi connectivity index (χ1n) is 8.83. The molecular formula is C17H34N2O. The lowest BCUT2D eigenvalue weighted by molar-refractivity contribution is 0.0852. The summed E-state index contributed by atoms with van der Waals surface area (Å²) >= 11 is 0. The summed E-state index contributed by atoms with van der Waals surface area (Å²) in [6, 6.07) is 2.22. The summed E-state index contributed by atoms with van der Waals surface area (Å²) in [5.41, 5.74) is 0. The van der Waals surface area contributed by atoms with Gasteiger partial charge >= 0.3 is 0 Å². The van der Waals surface area contributed by atoms with Gasteiger partial charge < -0.3 is 15.0 Å². The minimum absolute atomic E-state index is 0.627. The summed E-state index contributed by atoms with van der Waals surface area (Å²) in [5, 5.41) is 3.71. The van der Waals surface area contributed by atoms with E-state index in [1.54, 1.807) is 0 Å². The van der Waals surface area contributed by atoms with Gasteiger partial charge in [0.1, 0.15) is 0 Å². The fourth-order valence-electron chi connectivity index (χ4n) is 3.72. The molecule has 1 aliphatic carbocycles. The van der Waals surface area contributed by atoms with Crippen LogP contribution in [0.5, 0.6) is 0 Å². The number of nitrogens with one attached hydrogen (secondary N) is 1. The van der Waals surface area contributed by atoms with Gasteiger partial charge in [-0.15, -0.1) is 0 Å². The van der Waals surface area contributed by atoms with Crippen molar-refractivity contribution in [3.8, 4) is 0 Å². The molecule has 0 spiro atoms. The second kappa shape index (κ2) is 9.01. The molecule has 0 aromatic rings. The first-order valence-corrected chi connectivity index (χ1v) is 8.83. The zero-order valence-electron chi connectivity index (χ0n) is 13.6. The largest absolute Gasteiger partial charge is 0.381 e. The highest BCUT2D eigenvalue weighted by atomic mass is 16.5. The highest BCUT2D eigenvalue weighted by Gasteiger charge is 2.25. The van der Waals surface area contributed by atoms with Gasteiger partial charge in [-0.1, -0.05) is 13.8 Å². The molecule has 1 saturated carbocycles. The SMILES string of the molecule is CC(C)NC1CCC(N2CCCCCOCCC2)CC1. The highest BCUT2D eigenvalue weighted by molar-refractivity contribution is 4.83. The van der Waals surface area contributed by atoms with Gasteiger partial charge in [0.15, 0.2) is 0 Å². The van der Waals surface area contributed by atoms with E-state index in [-0.39, 0.29) is 0 Å². The lowest BCUT2D eigenvalue weighted by atomic mass is 9.89. The van der Waals surface area contributed by atoms with Crippen molar-refractivity contribution in [2.45, 2.75) is 83.3 Å². The van der Waals surface area contributed by atoms with Crippen LogP contribution in [0.4, 0.5) is 0 Å². The molecule has 2 aliphatic rings. The van der Waals surface area contributed by atoms with Gasteiger partial charge in [-0.05, 0) is 57.9 Å². The predicted molar refractivity (Wildman–Crippen MR) is 85.2 cm³/mol. The Bertz CT molecular complexity index is 239. The molecule has 2 rings (SSSR count). The zero-order valence-corrected chi connectivity index (χ0v) is 13.6. The summed E-state index contributed by atoms with van der Waals surface area (Å²) in [4.78, 5) is 2.76. The molecule has 0 radical (unpaired) electrons. The number of nitrogens with zero attached hydrogens (tertiary/aromatic N) is 1. The minimum atomic E-state index is 0.627. The molecule has 1 saturated heterocycles. The standard InChI is InChI=1S/C17H34N2O/c1-15(2)18-16-7-9-17(10-8-16)19-11-4-3-5-13-20-14-6-12-19/h15-18H,3-14H2,1-2H3. The molecule has 118 valence electrons. The Morgan fingerprint density at radius 3 is 2.35 bits per heavy atom. The smallest absolute Gasteiger partial charge is 0.0478 e. The van der Waals surface area contributed by atoms with Crippen LogP contribution in [-0.4, -0.2) is 49.3 Å². The Morgan fingerprint density at radius 2 is 1.60 bits per heavy atom. The van der Waals surface area contributed by atoms with Gasteiger partial charge in [0.05, 0.1) is 0 Å². The van der Waals surface area contributed by atoms with E-state index in [0.29, 0.717) is 6.04 Å². The van der Waals surface area contributed by atoms with Crippen molar-refractivity contribution in [1.29, 1.82) is 0 Å². The van der Waals surface area contributed by atoms with Crippen molar-refractivity contribution in [1.82, 2.24) is 10.2 Å². The van der Waals surface area contributed by atoms with Gasteiger partial charge in [-0.25, -0.2) is 0 Å². The quantitative estimate of drug-likeness (QED) is 0.860. The zero-order chi connectivity index (χ0) is 14.2. The lowest BCUT2D eigenvalue weighted by Crippen LogP contribution is -2.44. The van der Waals surface area contributed by atoms with Crippen LogP contribution in [0.25, 0.3) is 0 Å². The monoisotopic (exact) mass is 282 g/mol. The second-order valence-electron chi connectivity index (χ2n) is 6.89. The number of ether oxygens (including phenoxy) is 1. The van der Waals surface area contributed by atoms with E-state index >= 15 is 0 Å². The Labute approximate surface area is 125 Å². The molecule has 0 atom stereocenters. The van der Waals surface area contributed by atoms with Crippen LogP contribution in [-0.2, 0) is 4.74 Å². The number of hydrogen-bond donors (Lipinski definition) is 1. The van der Waals surface area contributed by atoms with E-state index in [9.17, 15) is 0 Å². The number of hydrogen-bond acceptors (Lipinski definition) is 3. The normalized spacial score (nSPS) is 31.4. The first kappa shape index (κ1) is 16.3. The van der Waals surface area contributed by atoms with E-state index in [4.69, 9.17) is 4.74 Å². The van der Waals surface area contributed by atoms with E-state index in [2.05, 4.69) is 24.1 Å². The average molecular weight is 282 g/mol. The van der Waals surface area contributed by atoms with Gasteiger partial charge in [-0.3, -0.25) is 0 Å². The van der Waals surface area contributed by atoms with Crippen LogP contribution in [0.3, 0.4) is 0 Å². The summed E-state index contributed by atoms with van der Waals surface area (Å²) in [6.07, 6.45) is 10.6. The molecule has 20 heavy (non-hydrogen) atoms. The maximum absolute atomic E-state index is 5.67. The van der Waals surface area contributed by atoms with Gasteiger partial charge in [0.25, 0.3) is 0 Å². The molecule has 1 heterocycles. The van der Waals surface area contributed by atoms with Crippen LogP contribution in [0.15, 0.2) is 0 Å². The predicted octanol–water partition coefficient (Wildman–Crippen LogP) is 3.19. The van der Waals surface area contributed by atoms with E-state index in [0.717, 1.165) is 25.3 Å². The van der Waals surface area contributed by atoms with Crippen molar-refractivity contribution in [2.24, 2.45) is 0 Å². The van der Waals surface area contributed by atoms with E-state index in [1.165, 1.54) is 64.5 Å². The summed E-state index contributed by atoms with van der Waals surface area (Å²) in [5.74, 6) is 0. The molecule has 1 N–H and O–H groups in total. The summed E-state index contributed by atoms with van der Waals surface area (Å²) < 4.78 is 5.67. The van der Waals surface area contributed by atoms with Crippen molar-refractivity contribution in [3.63, 3.8) is 0 Å². The van der Waals surface area contributed by atoms with Crippen LogP contribution in [0.1, 0.15) is 65.2 Å². The minimum Gasteiger partial charge on any atom is -0.381 e. The maximum Gasteiger partial charge on any atom is 0.0478 e. The third-order valence-electron chi connectivity index (χ3n) is 4.75. The third kappa shape index (κ3) is 5.71. The van der Waals surface area contributed by atoms with Crippen LogP contribution in [0.2, 0.25) is 0 Å². The molecule has 3 nitrogen and oxygen atoms in total. The molecule has 2 fully saturated rings. The van der Waals surface area contributed by atoms with Crippen LogP contribution < -0.4 is 5.32 Å². The van der Waals surface area contributed by atoms with Gasteiger partial charge in [-0.2, -0.15) is 0 Å². The fraction of sp³-hybridized carbons (Fsp3) is 1.00. The van der Waals surface area contributed by atoms with E-state index in [1.807, 2.05) is 0 Å². The van der Waals surface area contributed by atoms with Crippen LogP contribution in [0, 0.1) is 0 Å². The highest BCUT2D eigenvalue weighted by Crippen LogP contribution is 2.24. The molecule has 1 aliphatic heterocycles.